The summed E-state index contributed by atoms with van der Waals surface area (Å²) >= 11 is 1.59. The minimum Gasteiger partial charge on any atom is -0.339 e. The quantitative estimate of drug-likeness (QED) is 0.743. The molecule has 3 aromatic rings. The highest BCUT2D eigenvalue weighted by atomic mass is 32.1. The fourth-order valence-electron chi connectivity index (χ4n) is 3.10. The predicted molar refractivity (Wildman–Crippen MR) is 97.5 cm³/mol. The molecule has 26 heavy (non-hydrogen) atoms. The van der Waals surface area contributed by atoms with Gasteiger partial charge in [0.15, 0.2) is 0 Å². The molecule has 7 nitrogen and oxygen atoms in total. The number of carbonyl (C=O) groups excluding carboxylic acids is 1. The molecule has 1 aliphatic heterocycles. The normalized spacial score (nSPS) is 17.4. The molecule has 1 fully saturated rings. The Labute approximate surface area is 155 Å². The molecule has 1 saturated heterocycles. The highest BCUT2D eigenvalue weighted by molar-refractivity contribution is 7.08. The Bertz CT molecular complexity index is 850. The monoisotopic (exact) mass is 369 g/mol. The SMILES string of the molecule is O=C(CCc1nc(-c2ccsc2)no1)N1CCNCC1c1cccnc1. The lowest BCUT2D eigenvalue weighted by Crippen LogP contribution is -2.48. The molecule has 4 heterocycles. The lowest BCUT2D eigenvalue weighted by Gasteiger charge is -2.36. The van der Waals surface area contributed by atoms with Gasteiger partial charge in [0.1, 0.15) is 0 Å². The van der Waals surface area contributed by atoms with Crippen LogP contribution in [0.3, 0.4) is 0 Å². The van der Waals surface area contributed by atoms with Crippen LogP contribution in [0.4, 0.5) is 0 Å². The standard InChI is InChI=1S/C18H19N5O2S/c24-17(4-3-16-21-18(22-25-16)14-5-9-26-12-14)23-8-7-20-11-15(23)13-2-1-6-19-10-13/h1-2,5-6,9-10,12,15,20H,3-4,7-8,11H2. The molecule has 3 aromatic heterocycles. The zero-order valence-electron chi connectivity index (χ0n) is 14.2. The Morgan fingerprint density at radius 3 is 3.19 bits per heavy atom. The van der Waals surface area contributed by atoms with Gasteiger partial charge in [0.05, 0.1) is 6.04 Å². The summed E-state index contributed by atoms with van der Waals surface area (Å²) in [6.45, 7) is 2.22. The Hall–Kier alpha value is -2.58. The summed E-state index contributed by atoms with van der Waals surface area (Å²) in [6, 6.07) is 5.87. The summed E-state index contributed by atoms with van der Waals surface area (Å²) in [7, 11) is 0. The maximum Gasteiger partial charge on any atom is 0.227 e. The molecular weight excluding hydrogens is 350 g/mol. The third-order valence-corrected chi connectivity index (χ3v) is 5.12. The van der Waals surface area contributed by atoms with Gasteiger partial charge in [-0.1, -0.05) is 11.2 Å². The van der Waals surface area contributed by atoms with Gasteiger partial charge in [-0.15, -0.1) is 0 Å². The van der Waals surface area contributed by atoms with Crippen LogP contribution in [0.25, 0.3) is 11.4 Å². The number of hydrogen-bond acceptors (Lipinski definition) is 7. The Morgan fingerprint density at radius 2 is 2.38 bits per heavy atom. The fourth-order valence-corrected chi connectivity index (χ4v) is 3.73. The topological polar surface area (TPSA) is 84.2 Å². The van der Waals surface area contributed by atoms with Gasteiger partial charge in [0.25, 0.3) is 0 Å². The summed E-state index contributed by atoms with van der Waals surface area (Å²) in [6.07, 6.45) is 4.36. The van der Waals surface area contributed by atoms with Gasteiger partial charge < -0.3 is 14.7 Å². The largest absolute Gasteiger partial charge is 0.339 e. The summed E-state index contributed by atoms with van der Waals surface area (Å²) in [4.78, 5) is 23.3. The van der Waals surface area contributed by atoms with Crippen LogP contribution in [0.5, 0.6) is 0 Å². The molecule has 1 atom stereocenters. The van der Waals surface area contributed by atoms with Gasteiger partial charge in [-0.25, -0.2) is 0 Å². The predicted octanol–water partition coefficient (Wildman–Crippen LogP) is 2.30. The molecule has 1 N–H and O–H groups in total. The van der Waals surface area contributed by atoms with Crippen molar-refractivity contribution in [3.8, 4) is 11.4 Å². The van der Waals surface area contributed by atoms with Crippen molar-refractivity contribution in [2.24, 2.45) is 0 Å². The van der Waals surface area contributed by atoms with E-state index in [1.807, 2.05) is 40.1 Å². The number of aromatic nitrogens is 3. The number of thiophene rings is 1. The fraction of sp³-hybridized carbons (Fsp3) is 0.333. The highest BCUT2D eigenvalue weighted by Gasteiger charge is 2.28. The number of amides is 1. The highest BCUT2D eigenvalue weighted by Crippen LogP contribution is 2.23. The zero-order valence-corrected chi connectivity index (χ0v) is 15.0. The van der Waals surface area contributed by atoms with E-state index in [1.165, 1.54) is 0 Å². The van der Waals surface area contributed by atoms with Crippen LogP contribution in [0.2, 0.25) is 0 Å². The van der Waals surface area contributed by atoms with Crippen LogP contribution in [0, 0.1) is 0 Å². The summed E-state index contributed by atoms with van der Waals surface area (Å²) in [5, 5.41) is 11.3. The van der Waals surface area contributed by atoms with Crippen LogP contribution < -0.4 is 5.32 Å². The number of piperazine rings is 1. The third-order valence-electron chi connectivity index (χ3n) is 4.43. The van der Waals surface area contributed by atoms with Crippen LogP contribution in [-0.4, -0.2) is 45.6 Å². The van der Waals surface area contributed by atoms with Crippen molar-refractivity contribution in [3.63, 3.8) is 0 Å². The number of nitrogens with one attached hydrogen (secondary N) is 1. The first-order valence-electron chi connectivity index (χ1n) is 8.56. The third kappa shape index (κ3) is 3.66. The van der Waals surface area contributed by atoms with Crippen molar-refractivity contribution in [1.82, 2.24) is 25.3 Å². The average Bonchev–Trinajstić information content (AvgIpc) is 3.38. The van der Waals surface area contributed by atoms with Gasteiger partial charge >= 0.3 is 0 Å². The lowest BCUT2D eigenvalue weighted by atomic mass is 10.0. The number of rotatable bonds is 5. The van der Waals surface area contributed by atoms with E-state index in [4.69, 9.17) is 4.52 Å². The molecule has 0 bridgehead atoms. The zero-order chi connectivity index (χ0) is 17.8. The van der Waals surface area contributed by atoms with Gasteiger partial charge in [-0.05, 0) is 23.1 Å². The van der Waals surface area contributed by atoms with Crippen molar-refractivity contribution in [2.75, 3.05) is 19.6 Å². The lowest BCUT2D eigenvalue weighted by molar-refractivity contribution is -0.134. The molecule has 0 spiro atoms. The number of aryl methyl sites for hydroxylation is 1. The van der Waals surface area contributed by atoms with E-state index in [9.17, 15) is 4.79 Å². The minimum absolute atomic E-state index is 0.00834. The second-order valence-electron chi connectivity index (χ2n) is 6.12. The Morgan fingerprint density at radius 1 is 1.42 bits per heavy atom. The smallest absolute Gasteiger partial charge is 0.227 e. The van der Waals surface area contributed by atoms with Gasteiger partial charge in [-0.3, -0.25) is 9.78 Å². The molecule has 1 unspecified atom stereocenters. The molecule has 4 rings (SSSR count). The van der Waals surface area contributed by atoms with E-state index in [2.05, 4.69) is 20.4 Å². The van der Waals surface area contributed by atoms with Gasteiger partial charge in [-0.2, -0.15) is 16.3 Å². The number of carbonyl (C=O) groups is 1. The van der Waals surface area contributed by atoms with Crippen molar-refractivity contribution >= 4 is 17.2 Å². The molecule has 134 valence electrons. The summed E-state index contributed by atoms with van der Waals surface area (Å²) in [5.41, 5.74) is 1.99. The van der Waals surface area contributed by atoms with E-state index >= 15 is 0 Å². The van der Waals surface area contributed by atoms with Crippen LogP contribution in [0.15, 0.2) is 45.9 Å². The molecule has 1 aliphatic rings. The maximum atomic E-state index is 12.8. The number of pyridine rings is 1. The molecule has 0 radical (unpaired) electrons. The minimum atomic E-state index is 0.00834. The van der Waals surface area contributed by atoms with Crippen molar-refractivity contribution in [2.45, 2.75) is 18.9 Å². The van der Waals surface area contributed by atoms with E-state index in [0.717, 1.165) is 24.2 Å². The Kier molecular flexibility index (Phi) is 5.03. The molecule has 0 aliphatic carbocycles. The van der Waals surface area contributed by atoms with Crippen molar-refractivity contribution < 1.29 is 9.32 Å². The summed E-state index contributed by atoms with van der Waals surface area (Å²) < 4.78 is 5.29. The van der Waals surface area contributed by atoms with Gasteiger partial charge in [0, 0.05) is 55.8 Å². The number of nitrogens with zero attached hydrogens (tertiary/aromatic N) is 4. The van der Waals surface area contributed by atoms with Crippen LogP contribution >= 0.6 is 11.3 Å². The summed E-state index contributed by atoms with van der Waals surface area (Å²) in [5.74, 6) is 1.16. The van der Waals surface area contributed by atoms with E-state index in [1.54, 1.807) is 17.5 Å². The number of hydrogen-bond donors (Lipinski definition) is 1. The second-order valence-corrected chi connectivity index (χ2v) is 6.90. The first kappa shape index (κ1) is 16.9. The first-order valence-corrected chi connectivity index (χ1v) is 9.51. The Balaban J connectivity index is 1.40. The van der Waals surface area contributed by atoms with E-state index in [-0.39, 0.29) is 11.9 Å². The van der Waals surface area contributed by atoms with Crippen molar-refractivity contribution in [1.29, 1.82) is 0 Å². The van der Waals surface area contributed by atoms with Crippen LogP contribution in [-0.2, 0) is 11.2 Å². The van der Waals surface area contributed by atoms with Crippen molar-refractivity contribution in [3.05, 3.63) is 52.8 Å². The second kappa shape index (κ2) is 7.76. The maximum absolute atomic E-state index is 12.8. The average molecular weight is 369 g/mol. The van der Waals surface area contributed by atoms with Gasteiger partial charge in [0.2, 0.25) is 17.6 Å². The molecule has 0 saturated carbocycles. The van der Waals surface area contributed by atoms with Crippen LogP contribution in [0.1, 0.15) is 23.9 Å². The molecule has 1 amide bonds. The molecule has 0 aromatic carbocycles. The molecular formula is C18H19N5O2S. The van der Waals surface area contributed by atoms with E-state index < -0.39 is 0 Å². The first-order chi connectivity index (χ1) is 12.8. The van der Waals surface area contributed by atoms with E-state index in [0.29, 0.717) is 31.1 Å². The molecule has 8 heteroatoms.